The molecule has 11 heavy (non-hydrogen) atoms. The Balaban J connectivity index is 2.83. The Kier molecular flexibility index (Phi) is 0.692. The van der Waals surface area contributed by atoms with Gasteiger partial charge in [-0.15, -0.1) is 5.10 Å². The maximum Gasteiger partial charge on any atom is 0.195 e. The molecule has 0 aliphatic carbocycles. The zero-order valence-electron chi connectivity index (χ0n) is 5.61. The summed E-state index contributed by atoms with van der Waals surface area (Å²) in [7, 11) is 0. The quantitative estimate of drug-likeness (QED) is 0.483. The van der Waals surface area contributed by atoms with Crippen molar-refractivity contribution in [2.75, 3.05) is 0 Å². The maximum atomic E-state index is 4.97. The summed E-state index contributed by atoms with van der Waals surface area (Å²) in [5, 5.41) is 9.50. The molecule has 0 saturated heterocycles. The van der Waals surface area contributed by atoms with Gasteiger partial charge in [-0.2, -0.15) is 0 Å². The molecule has 0 fully saturated rings. The zero-order chi connectivity index (χ0) is 7.26. The van der Waals surface area contributed by atoms with Crippen LogP contribution < -0.4 is 0 Å². The summed E-state index contributed by atoms with van der Waals surface area (Å²) < 4.78 is 4.97. The molecule has 0 atom stereocenters. The second-order valence-corrected chi connectivity index (χ2v) is 2.53. The molecule has 2 bridgehead atoms. The van der Waals surface area contributed by atoms with Gasteiger partial charge in [-0.3, -0.25) is 0 Å². The van der Waals surface area contributed by atoms with E-state index in [0.717, 1.165) is 21.9 Å². The number of fused-ring (bicyclic) bond motifs is 2. The van der Waals surface area contributed by atoms with Gasteiger partial charge in [0.25, 0.3) is 0 Å². The molecule has 52 valence electrons. The predicted octanol–water partition coefficient (Wildman–Crippen LogP) is 1.81. The lowest BCUT2D eigenvalue weighted by atomic mass is 10.1. The standard InChI is InChI=1S/C8H4N2O/c1-3-6-4-2-5(1)7-8(6)11-10-9-7/h1-4H. The Hall–Kier alpha value is -1.64. The molecule has 4 aromatic rings. The van der Waals surface area contributed by atoms with Crippen LogP contribution in [0.15, 0.2) is 28.8 Å². The highest BCUT2D eigenvalue weighted by Crippen LogP contribution is 2.24. The van der Waals surface area contributed by atoms with Crippen LogP contribution in [0, 0.1) is 0 Å². The first kappa shape index (κ1) is 5.07. The van der Waals surface area contributed by atoms with E-state index in [1.54, 1.807) is 0 Å². The predicted molar refractivity (Wildman–Crippen MR) is 40.5 cm³/mol. The number of rotatable bonds is 0. The number of aromatic nitrogens is 2. The third kappa shape index (κ3) is 0.487. The Morgan fingerprint density at radius 1 is 1.00 bits per heavy atom. The fraction of sp³-hybridized carbons (Fsp3) is 0. The Morgan fingerprint density at radius 2 is 1.73 bits per heavy atom. The second kappa shape index (κ2) is 1.50. The minimum absolute atomic E-state index is 0.796. The van der Waals surface area contributed by atoms with Gasteiger partial charge in [0.1, 0.15) is 5.52 Å². The van der Waals surface area contributed by atoms with Crippen molar-refractivity contribution in [2.24, 2.45) is 0 Å². The van der Waals surface area contributed by atoms with Crippen LogP contribution in [0.1, 0.15) is 0 Å². The van der Waals surface area contributed by atoms with Gasteiger partial charge in [0.15, 0.2) is 5.58 Å². The smallest absolute Gasteiger partial charge is 0.195 e. The van der Waals surface area contributed by atoms with Crippen LogP contribution in [0.5, 0.6) is 0 Å². The van der Waals surface area contributed by atoms with E-state index in [1.165, 1.54) is 0 Å². The Morgan fingerprint density at radius 3 is 2.45 bits per heavy atom. The van der Waals surface area contributed by atoms with Crippen LogP contribution in [-0.2, 0) is 0 Å². The van der Waals surface area contributed by atoms with E-state index >= 15 is 0 Å². The lowest BCUT2D eigenvalue weighted by Crippen LogP contribution is -1.75. The van der Waals surface area contributed by atoms with Gasteiger partial charge >= 0.3 is 0 Å². The van der Waals surface area contributed by atoms with Crippen LogP contribution in [-0.4, -0.2) is 10.4 Å². The van der Waals surface area contributed by atoms with Gasteiger partial charge in [0.2, 0.25) is 0 Å². The van der Waals surface area contributed by atoms with E-state index in [2.05, 4.69) is 10.4 Å². The van der Waals surface area contributed by atoms with E-state index < -0.39 is 0 Å². The molecule has 0 aliphatic heterocycles. The highest BCUT2D eigenvalue weighted by molar-refractivity contribution is 6.03. The average Bonchev–Trinajstić information content (AvgIpc) is 2.55. The molecule has 0 unspecified atom stereocenters. The second-order valence-electron chi connectivity index (χ2n) is 2.53. The lowest BCUT2D eigenvalue weighted by Gasteiger charge is -1.95. The van der Waals surface area contributed by atoms with E-state index in [1.807, 2.05) is 24.3 Å². The van der Waals surface area contributed by atoms with Crippen molar-refractivity contribution in [3.05, 3.63) is 24.3 Å². The molecule has 3 aromatic carbocycles. The number of benzene rings is 3. The number of hydrogen-bond donors (Lipinski definition) is 0. The third-order valence-corrected chi connectivity index (χ3v) is 1.91. The normalized spacial score (nSPS) is 11.6. The molecule has 0 saturated carbocycles. The molecule has 0 amide bonds. The monoisotopic (exact) mass is 144 g/mol. The fourth-order valence-corrected chi connectivity index (χ4v) is 1.35. The van der Waals surface area contributed by atoms with Crippen LogP contribution in [0.2, 0.25) is 0 Å². The van der Waals surface area contributed by atoms with Gasteiger partial charge in [-0.1, -0.05) is 24.3 Å². The van der Waals surface area contributed by atoms with Crippen LogP contribution >= 0.6 is 0 Å². The first-order chi connectivity index (χ1) is 5.45. The van der Waals surface area contributed by atoms with Crippen molar-refractivity contribution >= 4 is 21.9 Å². The Labute approximate surface area is 61.9 Å². The van der Waals surface area contributed by atoms with E-state index in [0.29, 0.717) is 0 Å². The van der Waals surface area contributed by atoms with Gasteiger partial charge in [-0.05, 0) is 0 Å². The van der Waals surface area contributed by atoms with E-state index in [-0.39, 0.29) is 0 Å². The van der Waals surface area contributed by atoms with Crippen LogP contribution in [0.4, 0.5) is 0 Å². The van der Waals surface area contributed by atoms with Gasteiger partial charge in [0, 0.05) is 16.0 Å². The number of nitrogens with zero attached hydrogens (tertiary/aromatic N) is 2. The minimum atomic E-state index is 0.796. The largest absolute Gasteiger partial charge is 0.336 e. The molecule has 0 spiro atoms. The lowest BCUT2D eigenvalue weighted by molar-refractivity contribution is 0.426. The average molecular weight is 144 g/mol. The van der Waals surface area contributed by atoms with Crippen LogP contribution in [0.3, 0.4) is 0 Å². The summed E-state index contributed by atoms with van der Waals surface area (Å²) in [6, 6.07) is 8.04. The van der Waals surface area contributed by atoms with E-state index in [4.69, 9.17) is 4.52 Å². The molecule has 4 rings (SSSR count). The number of hydrogen-bond acceptors (Lipinski definition) is 3. The van der Waals surface area contributed by atoms with Gasteiger partial charge < -0.3 is 4.52 Å². The van der Waals surface area contributed by atoms with Crippen molar-refractivity contribution < 1.29 is 4.52 Å². The van der Waals surface area contributed by atoms with Crippen molar-refractivity contribution in [2.45, 2.75) is 0 Å². The van der Waals surface area contributed by atoms with Gasteiger partial charge in [-0.25, -0.2) is 0 Å². The van der Waals surface area contributed by atoms with Crippen molar-refractivity contribution in [3.8, 4) is 0 Å². The molecule has 0 radical (unpaired) electrons. The maximum absolute atomic E-state index is 4.97. The summed E-state index contributed by atoms with van der Waals surface area (Å²) in [6.07, 6.45) is 0. The molecule has 3 heteroatoms. The zero-order valence-corrected chi connectivity index (χ0v) is 5.61. The highest BCUT2D eigenvalue weighted by Gasteiger charge is 2.06. The molecule has 0 aliphatic rings. The van der Waals surface area contributed by atoms with Gasteiger partial charge in [0.05, 0.1) is 0 Å². The fourth-order valence-electron chi connectivity index (χ4n) is 1.35. The molecule has 1 aromatic heterocycles. The van der Waals surface area contributed by atoms with Crippen molar-refractivity contribution in [1.29, 1.82) is 0 Å². The summed E-state index contributed by atoms with van der Waals surface area (Å²) >= 11 is 0. The minimum Gasteiger partial charge on any atom is -0.336 e. The summed E-state index contributed by atoms with van der Waals surface area (Å²) in [5.41, 5.74) is 1.66. The summed E-state index contributed by atoms with van der Waals surface area (Å²) in [4.78, 5) is 0. The molecular formula is C8H4N2O. The topological polar surface area (TPSA) is 38.9 Å². The van der Waals surface area contributed by atoms with Crippen LogP contribution in [0.25, 0.3) is 21.9 Å². The Bertz CT molecular complexity index is 435. The molecule has 3 nitrogen and oxygen atoms in total. The SMILES string of the molecule is c1cc2ccc1c1nnoc21. The first-order valence-electron chi connectivity index (χ1n) is 3.38. The van der Waals surface area contributed by atoms with Crippen molar-refractivity contribution in [1.82, 2.24) is 10.4 Å². The van der Waals surface area contributed by atoms with E-state index in [9.17, 15) is 0 Å². The third-order valence-electron chi connectivity index (χ3n) is 1.91. The summed E-state index contributed by atoms with van der Waals surface area (Å²) in [6.45, 7) is 0. The molecular weight excluding hydrogens is 140 g/mol. The first-order valence-corrected chi connectivity index (χ1v) is 3.38. The molecule has 1 heterocycles. The van der Waals surface area contributed by atoms with Crippen molar-refractivity contribution in [3.63, 3.8) is 0 Å². The summed E-state index contributed by atoms with van der Waals surface area (Å²) in [5.74, 6) is 0. The highest BCUT2D eigenvalue weighted by atomic mass is 16.5. The molecule has 0 N–H and O–H groups in total.